The van der Waals surface area contributed by atoms with Gasteiger partial charge in [0.25, 0.3) is 5.91 Å². The molecule has 35 heavy (non-hydrogen) atoms. The highest BCUT2D eigenvalue weighted by Crippen LogP contribution is 2.27. The summed E-state index contributed by atoms with van der Waals surface area (Å²) in [5.41, 5.74) is 5.75. The zero-order valence-corrected chi connectivity index (χ0v) is 20.6. The van der Waals surface area contributed by atoms with Gasteiger partial charge in [0.1, 0.15) is 0 Å². The lowest BCUT2D eigenvalue weighted by atomic mass is 9.91. The fourth-order valence-corrected chi connectivity index (χ4v) is 4.39. The first kappa shape index (κ1) is 24.2. The van der Waals surface area contributed by atoms with Crippen LogP contribution < -0.4 is 4.90 Å². The van der Waals surface area contributed by atoms with Crippen LogP contribution in [0.25, 0.3) is 0 Å². The van der Waals surface area contributed by atoms with Gasteiger partial charge in [0.2, 0.25) is 0 Å². The van der Waals surface area contributed by atoms with Crippen molar-refractivity contribution in [1.29, 1.82) is 0 Å². The van der Waals surface area contributed by atoms with Crippen molar-refractivity contribution in [2.75, 3.05) is 11.4 Å². The van der Waals surface area contributed by atoms with Crippen molar-refractivity contribution in [2.24, 2.45) is 5.92 Å². The Labute approximate surface area is 208 Å². The highest BCUT2D eigenvalue weighted by molar-refractivity contribution is 6.06. The molecule has 1 aliphatic heterocycles. The number of nitrogens with zero attached hydrogens (tertiary/aromatic N) is 2. The van der Waals surface area contributed by atoms with Crippen molar-refractivity contribution in [2.45, 2.75) is 33.7 Å². The van der Waals surface area contributed by atoms with Crippen LogP contribution in [0.5, 0.6) is 0 Å². The number of aryl methyl sites for hydroxylation is 2. The predicted molar refractivity (Wildman–Crippen MR) is 142 cm³/mol. The quantitative estimate of drug-likeness (QED) is 0.384. The van der Waals surface area contributed by atoms with E-state index in [0.717, 1.165) is 22.4 Å². The van der Waals surface area contributed by atoms with E-state index in [4.69, 9.17) is 0 Å². The van der Waals surface area contributed by atoms with Gasteiger partial charge in [-0.1, -0.05) is 60.7 Å². The number of para-hydroxylation sites is 1. The zero-order chi connectivity index (χ0) is 24.8. The van der Waals surface area contributed by atoms with Crippen LogP contribution in [-0.4, -0.2) is 23.1 Å². The number of anilines is 1. The Morgan fingerprint density at radius 1 is 0.886 bits per heavy atom. The lowest BCUT2D eigenvalue weighted by Gasteiger charge is -2.29. The van der Waals surface area contributed by atoms with Crippen LogP contribution in [0, 0.1) is 19.8 Å². The average Bonchev–Trinajstić information content (AvgIpc) is 2.87. The van der Waals surface area contributed by atoms with Gasteiger partial charge in [0.05, 0.1) is 0 Å². The molecule has 1 heterocycles. The third-order valence-electron chi connectivity index (χ3n) is 6.56. The second-order valence-corrected chi connectivity index (χ2v) is 9.13. The van der Waals surface area contributed by atoms with Crippen LogP contribution in [0.15, 0.2) is 103 Å². The van der Waals surface area contributed by atoms with Crippen molar-refractivity contribution >= 4 is 17.4 Å². The molecule has 0 aromatic heterocycles. The minimum Gasteiger partial charge on any atom is -0.350 e. The molecule has 3 aromatic carbocycles. The average molecular weight is 465 g/mol. The Morgan fingerprint density at radius 2 is 1.57 bits per heavy atom. The number of benzene rings is 3. The largest absolute Gasteiger partial charge is 0.350 e. The van der Waals surface area contributed by atoms with Gasteiger partial charge in [-0.3, -0.25) is 9.59 Å². The number of carbonyl (C=O) groups excluding carboxylic acids is 2. The Bertz CT molecular complexity index is 1250. The summed E-state index contributed by atoms with van der Waals surface area (Å²) in [5, 5.41) is 0. The number of carbonyl (C=O) groups is 2. The number of hydrogen-bond acceptors (Lipinski definition) is 3. The molecule has 4 nitrogen and oxygen atoms in total. The van der Waals surface area contributed by atoms with Crippen LogP contribution in [0.4, 0.5) is 5.69 Å². The molecule has 0 saturated heterocycles. The lowest BCUT2D eigenvalue weighted by Crippen LogP contribution is -2.34. The Kier molecular flexibility index (Phi) is 7.61. The molecule has 4 rings (SSSR count). The molecular formula is C31H32N2O2. The second-order valence-electron chi connectivity index (χ2n) is 9.13. The smallest absolute Gasteiger partial charge is 0.258 e. The Morgan fingerprint density at radius 3 is 2.23 bits per heavy atom. The van der Waals surface area contributed by atoms with Crippen LogP contribution in [0.2, 0.25) is 0 Å². The van der Waals surface area contributed by atoms with Crippen LogP contribution in [0.3, 0.4) is 0 Å². The molecule has 1 atom stereocenters. The van der Waals surface area contributed by atoms with Crippen molar-refractivity contribution in [1.82, 2.24) is 4.90 Å². The number of amides is 1. The summed E-state index contributed by atoms with van der Waals surface area (Å²) in [7, 11) is 0. The maximum absolute atomic E-state index is 13.6. The molecule has 4 heteroatoms. The van der Waals surface area contributed by atoms with Gasteiger partial charge in [0.15, 0.2) is 5.78 Å². The number of rotatable bonds is 8. The molecule has 0 saturated carbocycles. The minimum absolute atomic E-state index is 0.0295. The predicted octanol–water partition coefficient (Wildman–Crippen LogP) is 6.46. The van der Waals surface area contributed by atoms with Crippen molar-refractivity contribution in [3.05, 3.63) is 125 Å². The standard InChI is InChI=1S/C31H32N2O2/c1-23-14-15-28(20-24(23)2)31(35)33(29-12-8-5-9-13-29)19-17-27-16-18-32(22-30(27)25(3)34)21-26-10-6-4-7-11-26/h4-16,18,20,22,27H,17,19,21H2,1-3H3. The summed E-state index contributed by atoms with van der Waals surface area (Å²) < 4.78 is 0. The molecule has 1 unspecified atom stereocenters. The zero-order valence-electron chi connectivity index (χ0n) is 20.6. The first-order valence-electron chi connectivity index (χ1n) is 12.1. The van der Waals surface area contributed by atoms with Crippen molar-refractivity contribution in [3.63, 3.8) is 0 Å². The molecule has 3 aromatic rings. The van der Waals surface area contributed by atoms with E-state index in [0.29, 0.717) is 25.1 Å². The second kappa shape index (κ2) is 11.0. The maximum atomic E-state index is 13.6. The SMILES string of the molecule is CC(=O)C1=CN(Cc2ccccc2)C=CC1CCN(C(=O)c1ccc(C)c(C)c1)c1ccccc1. The van der Waals surface area contributed by atoms with E-state index < -0.39 is 0 Å². The van der Waals surface area contributed by atoms with Crippen LogP contribution >= 0.6 is 0 Å². The lowest BCUT2D eigenvalue weighted by molar-refractivity contribution is -0.114. The normalized spacial score (nSPS) is 15.0. The van der Waals surface area contributed by atoms with E-state index in [-0.39, 0.29) is 17.6 Å². The summed E-state index contributed by atoms with van der Waals surface area (Å²) >= 11 is 0. The monoisotopic (exact) mass is 464 g/mol. The minimum atomic E-state index is -0.0433. The van der Waals surface area contributed by atoms with Gasteiger partial charge in [0, 0.05) is 48.2 Å². The summed E-state index contributed by atoms with van der Waals surface area (Å²) in [6.07, 6.45) is 6.75. The highest BCUT2D eigenvalue weighted by Gasteiger charge is 2.24. The first-order valence-corrected chi connectivity index (χ1v) is 12.1. The molecular weight excluding hydrogens is 432 g/mol. The molecule has 0 spiro atoms. The first-order chi connectivity index (χ1) is 16.9. The van der Waals surface area contributed by atoms with Gasteiger partial charge in [-0.05, 0) is 68.1 Å². The van der Waals surface area contributed by atoms with Gasteiger partial charge in [-0.2, -0.15) is 0 Å². The number of hydrogen-bond donors (Lipinski definition) is 0. The van der Waals surface area contributed by atoms with E-state index in [9.17, 15) is 9.59 Å². The summed E-state index contributed by atoms with van der Waals surface area (Å²) in [6.45, 7) is 6.91. The molecule has 0 bridgehead atoms. The molecule has 0 N–H and O–H groups in total. The van der Waals surface area contributed by atoms with Gasteiger partial charge >= 0.3 is 0 Å². The van der Waals surface area contributed by atoms with Crippen LogP contribution in [-0.2, 0) is 11.3 Å². The Hall–Kier alpha value is -3.92. The summed E-state index contributed by atoms with van der Waals surface area (Å²) in [4.78, 5) is 30.0. The molecule has 0 radical (unpaired) electrons. The van der Waals surface area contributed by atoms with Crippen LogP contribution in [0.1, 0.15) is 40.4 Å². The van der Waals surface area contributed by atoms with Gasteiger partial charge in [-0.15, -0.1) is 0 Å². The van der Waals surface area contributed by atoms with Crippen molar-refractivity contribution < 1.29 is 9.59 Å². The van der Waals surface area contributed by atoms with E-state index >= 15 is 0 Å². The summed E-state index contributed by atoms with van der Waals surface area (Å²) in [6, 6.07) is 25.8. The van der Waals surface area contributed by atoms with Crippen molar-refractivity contribution in [3.8, 4) is 0 Å². The number of allylic oxidation sites excluding steroid dienone is 2. The highest BCUT2D eigenvalue weighted by atomic mass is 16.2. The third-order valence-corrected chi connectivity index (χ3v) is 6.56. The molecule has 1 aliphatic rings. The van der Waals surface area contributed by atoms with E-state index in [1.54, 1.807) is 6.92 Å². The van der Waals surface area contributed by atoms with E-state index in [1.165, 1.54) is 5.56 Å². The topological polar surface area (TPSA) is 40.6 Å². The molecule has 0 aliphatic carbocycles. The maximum Gasteiger partial charge on any atom is 0.258 e. The molecule has 0 fully saturated rings. The summed E-state index contributed by atoms with van der Waals surface area (Å²) in [5.74, 6) is -0.0133. The van der Waals surface area contributed by atoms with E-state index in [2.05, 4.69) is 23.1 Å². The Balaban J connectivity index is 1.53. The number of Topliss-reactive ketones (excluding diaryl/α,β-unsaturated/α-hetero) is 1. The fourth-order valence-electron chi connectivity index (χ4n) is 4.39. The van der Waals surface area contributed by atoms with Gasteiger partial charge < -0.3 is 9.80 Å². The number of ketones is 1. The van der Waals surface area contributed by atoms with Gasteiger partial charge in [-0.25, -0.2) is 0 Å². The molecule has 178 valence electrons. The molecule has 1 amide bonds. The fraction of sp³-hybridized carbons (Fsp3) is 0.226. The third kappa shape index (κ3) is 5.96. The van der Waals surface area contributed by atoms with E-state index in [1.807, 2.05) is 97.9 Å².